The zero-order valence-corrected chi connectivity index (χ0v) is 15.1. The minimum absolute atomic E-state index is 0.0318. The van der Waals surface area contributed by atoms with Gasteiger partial charge in [-0.15, -0.1) is 0 Å². The smallest absolute Gasteiger partial charge is 0.220 e. The molecule has 1 amide bonds. The van der Waals surface area contributed by atoms with Crippen molar-refractivity contribution in [1.82, 2.24) is 10.3 Å². The van der Waals surface area contributed by atoms with Crippen LogP contribution in [0.1, 0.15) is 29.7 Å². The Hall–Kier alpha value is -2.33. The van der Waals surface area contributed by atoms with Gasteiger partial charge in [0.15, 0.2) is 0 Å². The molecule has 0 fully saturated rings. The number of amides is 1. The van der Waals surface area contributed by atoms with Crippen LogP contribution in [0.15, 0.2) is 42.5 Å². The van der Waals surface area contributed by atoms with Crippen molar-refractivity contribution >= 4 is 28.4 Å². The van der Waals surface area contributed by atoms with Gasteiger partial charge in [-0.3, -0.25) is 4.79 Å². The van der Waals surface area contributed by atoms with Gasteiger partial charge in [-0.05, 0) is 61.1 Å². The molecule has 0 radical (unpaired) electrons. The van der Waals surface area contributed by atoms with Crippen LogP contribution in [0.2, 0.25) is 5.02 Å². The van der Waals surface area contributed by atoms with Crippen LogP contribution in [0.5, 0.6) is 0 Å². The lowest BCUT2D eigenvalue weighted by molar-refractivity contribution is -0.121. The molecule has 1 aliphatic carbocycles. The lowest BCUT2D eigenvalue weighted by Crippen LogP contribution is -2.38. The number of carbonyl (C=O) groups excluding carboxylic acids is 1. The third kappa shape index (κ3) is 3.47. The molecule has 1 unspecified atom stereocenters. The number of hydrogen-bond acceptors (Lipinski definition) is 1. The first-order chi connectivity index (χ1) is 12.6. The van der Waals surface area contributed by atoms with Crippen LogP contribution in [-0.2, 0) is 24.1 Å². The normalized spacial score (nSPS) is 16.5. The molecule has 134 valence electrons. The second-order valence-corrected chi connectivity index (χ2v) is 7.28. The molecule has 0 aliphatic heterocycles. The van der Waals surface area contributed by atoms with Gasteiger partial charge in [-0.2, -0.15) is 0 Å². The van der Waals surface area contributed by atoms with E-state index in [1.165, 1.54) is 6.07 Å². The highest BCUT2D eigenvalue weighted by molar-refractivity contribution is 6.31. The van der Waals surface area contributed by atoms with Crippen LogP contribution in [-0.4, -0.2) is 16.9 Å². The molecule has 1 aliphatic rings. The Labute approximate surface area is 156 Å². The van der Waals surface area contributed by atoms with Gasteiger partial charge in [0, 0.05) is 34.1 Å². The first-order valence-electron chi connectivity index (χ1n) is 8.92. The average Bonchev–Trinajstić information content (AvgIpc) is 2.98. The van der Waals surface area contributed by atoms with Crippen LogP contribution in [0.4, 0.5) is 4.39 Å². The highest BCUT2D eigenvalue weighted by atomic mass is 35.5. The SMILES string of the molecule is O=C(CCc1ccccc1Cl)NC1CCc2[nH]c3ccc(F)cc3c2C1. The first-order valence-corrected chi connectivity index (χ1v) is 9.29. The summed E-state index contributed by atoms with van der Waals surface area (Å²) in [6, 6.07) is 12.5. The Kier molecular flexibility index (Phi) is 4.68. The summed E-state index contributed by atoms with van der Waals surface area (Å²) in [6.45, 7) is 0. The van der Waals surface area contributed by atoms with E-state index >= 15 is 0 Å². The Bertz CT molecular complexity index is 966. The lowest BCUT2D eigenvalue weighted by atomic mass is 9.91. The second kappa shape index (κ2) is 7.12. The molecule has 0 saturated carbocycles. The van der Waals surface area contributed by atoms with Crippen LogP contribution >= 0.6 is 11.6 Å². The topological polar surface area (TPSA) is 44.9 Å². The fourth-order valence-corrected chi connectivity index (χ4v) is 3.99. The van der Waals surface area contributed by atoms with Crippen molar-refractivity contribution < 1.29 is 9.18 Å². The van der Waals surface area contributed by atoms with Gasteiger partial charge in [0.2, 0.25) is 5.91 Å². The molecule has 2 N–H and O–H groups in total. The molecule has 0 saturated heterocycles. The van der Waals surface area contributed by atoms with E-state index in [9.17, 15) is 9.18 Å². The van der Waals surface area contributed by atoms with Crippen LogP contribution < -0.4 is 5.32 Å². The van der Waals surface area contributed by atoms with E-state index in [0.29, 0.717) is 17.9 Å². The predicted molar refractivity (Wildman–Crippen MR) is 102 cm³/mol. The van der Waals surface area contributed by atoms with Crippen molar-refractivity contribution in [3.8, 4) is 0 Å². The second-order valence-electron chi connectivity index (χ2n) is 6.87. The number of H-pyrrole nitrogens is 1. The molecule has 1 aromatic heterocycles. The van der Waals surface area contributed by atoms with E-state index in [1.807, 2.05) is 24.3 Å². The Morgan fingerprint density at radius 2 is 2.12 bits per heavy atom. The molecule has 1 heterocycles. The van der Waals surface area contributed by atoms with E-state index in [4.69, 9.17) is 11.6 Å². The van der Waals surface area contributed by atoms with E-state index in [2.05, 4.69) is 10.3 Å². The molecule has 0 spiro atoms. The molecule has 1 atom stereocenters. The number of aromatic amines is 1. The van der Waals surface area contributed by atoms with Crippen LogP contribution in [0.25, 0.3) is 10.9 Å². The maximum atomic E-state index is 13.6. The number of aromatic nitrogens is 1. The standard InChI is InChI=1S/C21H20ClFN2O/c22-18-4-2-1-3-13(18)5-10-21(26)24-15-7-9-20-17(12-15)16-11-14(23)6-8-19(16)25-20/h1-4,6,8,11,15,25H,5,7,9-10,12H2,(H,24,26). The number of halogens is 2. The fourth-order valence-electron chi connectivity index (χ4n) is 3.76. The van der Waals surface area contributed by atoms with E-state index in [-0.39, 0.29) is 17.8 Å². The summed E-state index contributed by atoms with van der Waals surface area (Å²) in [6.07, 6.45) is 3.52. The largest absolute Gasteiger partial charge is 0.358 e. The summed E-state index contributed by atoms with van der Waals surface area (Å²) in [7, 11) is 0. The van der Waals surface area contributed by atoms with Crippen molar-refractivity contribution in [2.45, 2.75) is 38.1 Å². The van der Waals surface area contributed by atoms with Crippen molar-refractivity contribution in [2.75, 3.05) is 0 Å². The Morgan fingerprint density at radius 3 is 2.96 bits per heavy atom. The zero-order valence-electron chi connectivity index (χ0n) is 14.3. The summed E-state index contributed by atoms with van der Waals surface area (Å²) in [5, 5.41) is 4.75. The summed E-state index contributed by atoms with van der Waals surface area (Å²) in [5.74, 6) is -0.199. The summed E-state index contributed by atoms with van der Waals surface area (Å²) in [5.41, 5.74) is 4.23. The Balaban J connectivity index is 1.41. The minimum Gasteiger partial charge on any atom is -0.358 e. The van der Waals surface area contributed by atoms with E-state index < -0.39 is 0 Å². The van der Waals surface area contributed by atoms with Gasteiger partial charge in [0.05, 0.1) is 0 Å². The lowest BCUT2D eigenvalue weighted by Gasteiger charge is -2.23. The average molecular weight is 371 g/mol. The van der Waals surface area contributed by atoms with Crippen molar-refractivity contribution in [1.29, 1.82) is 0 Å². The van der Waals surface area contributed by atoms with Crippen LogP contribution in [0.3, 0.4) is 0 Å². The van der Waals surface area contributed by atoms with Gasteiger partial charge < -0.3 is 10.3 Å². The Morgan fingerprint density at radius 1 is 1.27 bits per heavy atom. The van der Waals surface area contributed by atoms with Crippen molar-refractivity contribution in [3.63, 3.8) is 0 Å². The molecule has 5 heteroatoms. The first kappa shape index (κ1) is 17.1. The predicted octanol–water partition coefficient (Wildman–Crippen LogP) is 4.57. The van der Waals surface area contributed by atoms with E-state index in [0.717, 1.165) is 47.0 Å². The number of carbonyl (C=O) groups is 1. The molecular weight excluding hydrogens is 351 g/mol. The molecular formula is C21H20ClFN2O. The third-order valence-electron chi connectivity index (χ3n) is 5.09. The van der Waals surface area contributed by atoms with Gasteiger partial charge in [-0.1, -0.05) is 29.8 Å². The molecule has 4 rings (SSSR count). The van der Waals surface area contributed by atoms with Gasteiger partial charge in [0.25, 0.3) is 0 Å². The third-order valence-corrected chi connectivity index (χ3v) is 5.46. The van der Waals surface area contributed by atoms with Crippen LogP contribution in [0, 0.1) is 5.82 Å². The number of nitrogens with one attached hydrogen (secondary N) is 2. The molecule has 26 heavy (non-hydrogen) atoms. The molecule has 3 nitrogen and oxygen atoms in total. The maximum Gasteiger partial charge on any atom is 0.220 e. The number of benzene rings is 2. The number of rotatable bonds is 4. The summed E-state index contributed by atoms with van der Waals surface area (Å²) >= 11 is 6.15. The molecule has 2 aromatic carbocycles. The van der Waals surface area contributed by atoms with Gasteiger partial charge >= 0.3 is 0 Å². The highest BCUT2D eigenvalue weighted by Gasteiger charge is 2.23. The highest BCUT2D eigenvalue weighted by Crippen LogP contribution is 2.29. The fraction of sp³-hybridized carbons (Fsp3) is 0.286. The van der Waals surface area contributed by atoms with E-state index in [1.54, 1.807) is 12.1 Å². The maximum absolute atomic E-state index is 13.6. The summed E-state index contributed by atoms with van der Waals surface area (Å²) < 4.78 is 13.6. The number of aryl methyl sites for hydroxylation is 2. The number of hydrogen-bond donors (Lipinski definition) is 2. The van der Waals surface area contributed by atoms with Gasteiger partial charge in [0.1, 0.15) is 5.82 Å². The zero-order chi connectivity index (χ0) is 18.1. The van der Waals surface area contributed by atoms with Gasteiger partial charge in [-0.25, -0.2) is 4.39 Å². The number of fused-ring (bicyclic) bond motifs is 3. The summed E-state index contributed by atoms with van der Waals surface area (Å²) in [4.78, 5) is 15.7. The molecule has 3 aromatic rings. The van der Waals surface area contributed by atoms with Crippen molar-refractivity contribution in [3.05, 3.63) is 70.1 Å². The quantitative estimate of drug-likeness (QED) is 0.694. The minimum atomic E-state index is -0.231. The molecule has 0 bridgehead atoms. The monoisotopic (exact) mass is 370 g/mol. The van der Waals surface area contributed by atoms with Crippen molar-refractivity contribution in [2.24, 2.45) is 0 Å².